The minimum absolute atomic E-state index is 0.821. The summed E-state index contributed by atoms with van der Waals surface area (Å²) >= 11 is 0. The first-order valence-electron chi connectivity index (χ1n) is 13.5. The Labute approximate surface area is 231 Å². The lowest BCUT2D eigenvalue weighted by Crippen LogP contribution is -2.10. The van der Waals surface area contributed by atoms with Gasteiger partial charge < -0.3 is 9.32 Å². The van der Waals surface area contributed by atoms with Crippen molar-refractivity contribution in [2.45, 2.75) is 0 Å². The number of nitrogens with zero attached hydrogens (tertiary/aromatic N) is 2. The molecule has 0 aliphatic heterocycles. The van der Waals surface area contributed by atoms with E-state index < -0.39 is 0 Å². The molecule has 0 saturated heterocycles. The summed E-state index contributed by atoms with van der Waals surface area (Å²) in [6, 6.07) is 46.9. The van der Waals surface area contributed by atoms with Crippen molar-refractivity contribution in [3.8, 4) is 11.1 Å². The predicted molar refractivity (Wildman–Crippen MR) is 167 cm³/mol. The zero-order valence-electron chi connectivity index (χ0n) is 21.7. The maximum Gasteiger partial charge on any atom is 0.162 e. The van der Waals surface area contributed by atoms with Gasteiger partial charge in [-0.05, 0) is 63.0 Å². The summed E-state index contributed by atoms with van der Waals surface area (Å²) in [6.07, 6.45) is 3.80. The van der Waals surface area contributed by atoms with Gasteiger partial charge in [0.25, 0.3) is 0 Å². The molecule has 2 heterocycles. The standard InChI is InChI=1S/C37H24N2O/c1-2-8-25(9-3-1)26-16-18-29(19-17-26)39(35-24-38-23-34-33-12-6-7-13-36(33)40-37(34)35)30-20-21-32-28(22-30)15-14-27-10-4-5-11-31(27)32/h1-24H. The van der Waals surface area contributed by atoms with E-state index in [1.54, 1.807) is 0 Å². The second-order valence-corrected chi connectivity index (χ2v) is 10.1. The van der Waals surface area contributed by atoms with Crippen LogP contribution in [0.4, 0.5) is 17.1 Å². The number of aromatic nitrogens is 1. The van der Waals surface area contributed by atoms with E-state index in [4.69, 9.17) is 4.42 Å². The summed E-state index contributed by atoms with van der Waals surface area (Å²) in [5.74, 6) is 0. The Bertz CT molecular complexity index is 2160. The van der Waals surface area contributed by atoms with Crippen LogP contribution in [-0.4, -0.2) is 4.98 Å². The summed E-state index contributed by atoms with van der Waals surface area (Å²) < 4.78 is 6.46. The number of para-hydroxylation sites is 1. The van der Waals surface area contributed by atoms with Gasteiger partial charge in [0.15, 0.2) is 5.58 Å². The highest BCUT2D eigenvalue weighted by molar-refractivity contribution is 6.11. The molecule has 3 nitrogen and oxygen atoms in total. The number of rotatable bonds is 4. The van der Waals surface area contributed by atoms with Crippen LogP contribution >= 0.6 is 0 Å². The summed E-state index contributed by atoms with van der Waals surface area (Å²) in [5, 5.41) is 6.99. The zero-order chi connectivity index (χ0) is 26.5. The van der Waals surface area contributed by atoms with Gasteiger partial charge in [0.2, 0.25) is 0 Å². The average molecular weight is 513 g/mol. The maximum absolute atomic E-state index is 6.46. The molecule has 0 N–H and O–H groups in total. The highest BCUT2D eigenvalue weighted by atomic mass is 16.3. The number of hydrogen-bond acceptors (Lipinski definition) is 3. The second-order valence-electron chi connectivity index (χ2n) is 10.1. The SMILES string of the molecule is c1ccc(-c2ccc(N(c3ccc4c(ccc5ccccc54)c3)c3cncc4c3oc3ccccc34)cc2)cc1. The first-order chi connectivity index (χ1) is 19.8. The highest BCUT2D eigenvalue weighted by Crippen LogP contribution is 2.43. The van der Waals surface area contributed by atoms with Crippen LogP contribution in [0.5, 0.6) is 0 Å². The molecule has 6 aromatic carbocycles. The van der Waals surface area contributed by atoms with Gasteiger partial charge in [-0.1, -0.05) is 103 Å². The van der Waals surface area contributed by atoms with Crippen LogP contribution in [0.2, 0.25) is 0 Å². The van der Waals surface area contributed by atoms with Crippen LogP contribution in [-0.2, 0) is 0 Å². The van der Waals surface area contributed by atoms with Crippen molar-refractivity contribution in [1.29, 1.82) is 0 Å². The fourth-order valence-electron chi connectivity index (χ4n) is 5.78. The zero-order valence-corrected chi connectivity index (χ0v) is 21.7. The molecule has 0 atom stereocenters. The fraction of sp³-hybridized carbons (Fsp3) is 0. The van der Waals surface area contributed by atoms with Gasteiger partial charge in [0.05, 0.1) is 6.20 Å². The smallest absolute Gasteiger partial charge is 0.162 e. The van der Waals surface area contributed by atoms with Crippen LogP contribution in [0.25, 0.3) is 54.6 Å². The molecule has 0 fully saturated rings. The van der Waals surface area contributed by atoms with Crippen LogP contribution in [0.15, 0.2) is 150 Å². The highest BCUT2D eigenvalue weighted by Gasteiger charge is 2.20. The van der Waals surface area contributed by atoms with Crippen molar-refractivity contribution in [1.82, 2.24) is 4.98 Å². The number of fused-ring (bicyclic) bond motifs is 6. The maximum atomic E-state index is 6.46. The minimum Gasteiger partial charge on any atom is -0.454 e. The lowest BCUT2D eigenvalue weighted by Gasteiger charge is -2.26. The third-order valence-corrected chi connectivity index (χ3v) is 7.73. The molecule has 0 aliphatic carbocycles. The van der Waals surface area contributed by atoms with Crippen molar-refractivity contribution in [2.75, 3.05) is 4.90 Å². The van der Waals surface area contributed by atoms with E-state index in [0.29, 0.717) is 0 Å². The van der Waals surface area contributed by atoms with Gasteiger partial charge >= 0.3 is 0 Å². The van der Waals surface area contributed by atoms with Crippen LogP contribution in [0.1, 0.15) is 0 Å². The van der Waals surface area contributed by atoms with Gasteiger partial charge in [0, 0.05) is 28.3 Å². The Kier molecular flexibility index (Phi) is 5.14. The van der Waals surface area contributed by atoms with E-state index in [9.17, 15) is 0 Å². The fourth-order valence-corrected chi connectivity index (χ4v) is 5.78. The third kappa shape index (κ3) is 3.63. The summed E-state index contributed by atoms with van der Waals surface area (Å²) in [4.78, 5) is 6.92. The number of pyridine rings is 1. The largest absolute Gasteiger partial charge is 0.454 e. The van der Waals surface area contributed by atoms with E-state index in [1.807, 2.05) is 36.7 Å². The molecule has 0 spiro atoms. The molecule has 0 radical (unpaired) electrons. The molecule has 0 unspecified atom stereocenters. The third-order valence-electron chi connectivity index (χ3n) is 7.73. The lowest BCUT2D eigenvalue weighted by atomic mass is 10.0. The Balaban J connectivity index is 1.35. The lowest BCUT2D eigenvalue weighted by molar-refractivity contribution is 0.668. The molecule has 0 saturated carbocycles. The first-order valence-corrected chi connectivity index (χ1v) is 13.5. The van der Waals surface area contributed by atoms with Gasteiger partial charge in [-0.15, -0.1) is 0 Å². The number of hydrogen-bond donors (Lipinski definition) is 0. The Morgan fingerprint density at radius 3 is 2.02 bits per heavy atom. The molecule has 8 rings (SSSR count). The van der Waals surface area contributed by atoms with Gasteiger partial charge in [-0.25, -0.2) is 0 Å². The van der Waals surface area contributed by atoms with Crippen molar-refractivity contribution in [2.24, 2.45) is 0 Å². The summed E-state index contributed by atoms with van der Waals surface area (Å²) in [7, 11) is 0. The van der Waals surface area contributed by atoms with E-state index in [1.165, 1.54) is 32.7 Å². The average Bonchev–Trinajstić information content (AvgIpc) is 3.41. The van der Waals surface area contributed by atoms with Crippen molar-refractivity contribution in [3.05, 3.63) is 146 Å². The van der Waals surface area contributed by atoms with Crippen LogP contribution < -0.4 is 4.90 Å². The molecule has 8 aromatic rings. The van der Waals surface area contributed by atoms with E-state index >= 15 is 0 Å². The molecular weight excluding hydrogens is 488 g/mol. The van der Waals surface area contributed by atoms with Gasteiger partial charge in [-0.2, -0.15) is 0 Å². The number of furan rings is 1. The Morgan fingerprint density at radius 2 is 1.15 bits per heavy atom. The number of benzene rings is 6. The monoisotopic (exact) mass is 512 g/mol. The Hall–Kier alpha value is -5.41. The van der Waals surface area contributed by atoms with Crippen molar-refractivity contribution >= 4 is 60.5 Å². The van der Waals surface area contributed by atoms with E-state index in [-0.39, 0.29) is 0 Å². The van der Waals surface area contributed by atoms with Crippen molar-refractivity contribution in [3.63, 3.8) is 0 Å². The summed E-state index contributed by atoms with van der Waals surface area (Å²) in [6.45, 7) is 0. The van der Waals surface area contributed by atoms with E-state index in [0.717, 1.165) is 39.0 Å². The number of anilines is 3. The normalized spacial score (nSPS) is 11.5. The van der Waals surface area contributed by atoms with Crippen LogP contribution in [0.3, 0.4) is 0 Å². The van der Waals surface area contributed by atoms with Crippen LogP contribution in [0, 0.1) is 0 Å². The molecule has 2 aromatic heterocycles. The predicted octanol–water partition coefficient (Wildman–Crippen LogP) is 10.4. The van der Waals surface area contributed by atoms with Gasteiger partial charge in [0.1, 0.15) is 11.3 Å². The minimum atomic E-state index is 0.821. The Morgan fingerprint density at radius 1 is 0.475 bits per heavy atom. The van der Waals surface area contributed by atoms with E-state index in [2.05, 4.69) is 119 Å². The summed E-state index contributed by atoms with van der Waals surface area (Å²) in [5.41, 5.74) is 7.03. The molecule has 0 aliphatic rings. The van der Waals surface area contributed by atoms with Gasteiger partial charge in [-0.3, -0.25) is 4.98 Å². The molecular formula is C37H24N2O. The molecule has 40 heavy (non-hydrogen) atoms. The molecule has 0 amide bonds. The molecule has 0 bridgehead atoms. The molecule has 3 heteroatoms. The second kappa shape index (κ2) is 9.11. The molecule has 188 valence electrons. The van der Waals surface area contributed by atoms with Crippen molar-refractivity contribution < 1.29 is 4.42 Å². The topological polar surface area (TPSA) is 29.3 Å². The quantitative estimate of drug-likeness (QED) is 0.220. The first kappa shape index (κ1) is 22.6.